The summed E-state index contributed by atoms with van der Waals surface area (Å²) in [5.74, 6) is -0.408. The van der Waals surface area contributed by atoms with Gasteiger partial charge in [-0.1, -0.05) is 0 Å². The van der Waals surface area contributed by atoms with Gasteiger partial charge < -0.3 is 14.8 Å². The number of hydrogen-bond donors (Lipinski definition) is 1. The zero-order valence-electron chi connectivity index (χ0n) is 14.9. The first-order valence-corrected chi connectivity index (χ1v) is 9.87. The van der Waals surface area contributed by atoms with Gasteiger partial charge >= 0.3 is 5.97 Å². The standard InChI is InChI=1S/C18H24N2O5S/c1-2-25-18(23)13-6-9-26-17(13)19-16(22)10-20-7-8-24-11-14(20)12-4-3-5-15(12)21/h6,9,12,14H,2-5,7-8,10-11H2,1H3,(H,19,22). The van der Waals surface area contributed by atoms with Gasteiger partial charge in [0, 0.05) is 24.9 Å². The highest BCUT2D eigenvalue weighted by atomic mass is 32.1. The SMILES string of the molecule is CCOC(=O)c1ccsc1NC(=O)CN1CCOCC1C1CCCC1=O. The van der Waals surface area contributed by atoms with E-state index in [9.17, 15) is 14.4 Å². The van der Waals surface area contributed by atoms with Crippen LogP contribution in [0.5, 0.6) is 0 Å². The molecule has 0 radical (unpaired) electrons. The third-order valence-corrected chi connectivity index (χ3v) is 5.69. The van der Waals surface area contributed by atoms with Gasteiger partial charge in [-0.3, -0.25) is 14.5 Å². The molecule has 1 aliphatic heterocycles. The molecule has 1 aromatic rings. The van der Waals surface area contributed by atoms with E-state index < -0.39 is 5.97 Å². The molecular formula is C18H24N2O5S. The summed E-state index contributed by atoms with van der Waals surface area (Å²) in [7, 11) is 0. The monoisotopic (exact) mass is 380 g/mol. The number of rotatable bonds is 6. The molecule has 1 aliphatic carbocycles. The van der Waals surface area contributed by atoms with Crippen LogP contribution in [0.2, 0.25) is 0 Å². The van der Waals surface area contributed by atoms with Gasteiger partial charge in [-0.15, -0.1) is 11.3 Å². The average Bonchev–Trinajstić information content (AvgIpc) is 3.24. The smallest absolute Gasteiger partial charge is 0.341 e. The number of nitrogens with zero attached hydrogens (tertiary/aromatic N) is 1. The third-order valence-electron chi connectivity index (χ3n) is 4.86. The first-order valence-electron chi connectivity index (χ1n) is 8.99. The van der Waals surface area contributed by atoms with E-state index in [1.807, 2.05) is 4.90 Å². The summed E-state index contributed by atoms with van der Waals surface area (Å²) in [5.41, 5.74) is 0.370. The first-order chi connectivity index (χ1) is 12.6. The number of morpholine rings is 1. The van der Waals surface area contributed by atoms with Crippen LogP contribution < -0.4 is 5.32 Å². The van der Waals surface area contributed by atoms with Gasteiger partial charge in [-0.05, 0) is 31.2 Å². The lowest BCUT2D eigenvalue weighted by molar-refractivity contribution is -0.128. The van der Waals surface area contributed by atoms with Crippen LogP contribution in [0, 0.1) is 5.92 Å². The molecule has 3 rings (SSSR count). The third kappa shape index (κ3) is 4.31. The fourth-order valence-corrected chi connectivity index (χ4v) is 4.39. The number of amides is 1. The second-order valence-electron chi connectivity index (χ2n) is 6.51. The summed E-state index contributed by atoms with van der Waals surface area (Å²) in [6.45, 7) is 3.86. The Morgan fingerprint density at radius 1 is 1.46 bits per heavy atom. The number of Topliss-reactive ketones (excluding diaryl/α,β-unsaturated/α-hetero) is 1. The predicted molar refractivity (Wildman–Crippen MR) is 97.4 cm³/mol. The van der Waals surface area contributed by atoms with Crippen molar-refractivity contribution in [1.82, 2.24) is 4.90 Å². The fraction of sp³-hybridized carbons (Fsp3) is 0.611. The second kappa shape index (κ2) is 8.75. The zero-order valence-corrected chi connectivity index (χ0v) is 15.7. The molecule has 8 heteroatoms. The molecule has 142 valence electrons. The number of nitrogens with one attached hydrogen (secondary N) is 1. The average molecular weight is 380 g/mol. The predicted octanol–water partition coefficient (Wildman–Crippen LogP) is 1.93. The van der Waals surface area contributed by atoms with Crippen molar-refractivity contribution in [3.05, 3.63) is 17.0 Å². The molecule has 0 aromatic carbocycles. The number of hydrogen-bond acceptors (Lipinski definition) is 7. The summed E-state index contributed by atoms with van der Waals surface area (Å²) < 4.78 is 10.6. The highest BCUT2D eigenvalue weighted by Gasteiger charge is 2.38. The van der Waals surface area contributed by atoms with Crippen LogP contribution in [0.3, 0.4) is 0 Å². The lowest BCUT2D eigenvalue weighted by Crippen LogP contribution is -2.52. The summed E-state index contributed by atoms with van der Waals surface area (Å²) in [6, 6.07) is 1.60. The summed E-state index contributed by atoms with van der Waals surface area (Å²) >= 11 is 1.29. The number of carbonyl (C=O) groups excluding carboxylic acids is 3. The van der Waals surface area contributed by atoms with Gasteiger partial charge in [0.2, 0.25) is 5.91 Å². The number of ether oxygens (including phenoxy) is 2. The van der Waals surface area contributed by atoms with Crippen molar-refractivity contribution in [2.75, 3.05) is 38.2 Å². The molecule has 1 saturated carbocycles. The molecule has 0 bridgehead atoms. The van der Waals surface area contributed by atoms with Crippen molar-refractivity contribution in [3.63, 3.8) is 0 Å². The lowest BCUT2D eigenvalue weighted by Gasteiger charge is -2.37. The normalized spacial score (nSPS) is 23.8. The van der Waals surface area contributed by atoms with Crippen LogP contribution in [-0.4, -0.2) is 61.5 Å². The minimum atomic E-state index is -0.440. The van der Waals surface area contributed by atoms with Crippen LogP contribution in [0.4, 0.5) is 5.00 Å². The minimum Gasteiger partial charge on any atom is -0.462 e. The fourth-order valence-electron chi connectivity index (χ4n) is 3.60. The molecule has 7 nitrogen and oxygen atoms in total. The highest BCUT2D eigenvalue weighted by molar-refractivity contribution is 7.14. The molecule has 2 fully saturated rings. The van der Waals surface area contributed by atoms with Crippen LogP contribution in [0.1, 0.15) is 36.5 Å². The Balaban J connectivity index is 1.62. The topological polar surface area (TPSA) is 84.9 Å². The number of esters is 1. The highest BCUT2D eigenvalue weighted by Crippen LogP contribution is 2.29. The van der Waals surface area contributed by atoms with Crippen molar-refractivity contribution in [1.29, 1.82) is 0 Å². The van der Waals surface area contributed by atoms with Gasteiger partial charge in [-0.2, -0.15) is 0 Å². The molecule has 1 saturated heterocycles. The molecule has 2 atom stereocenters. The molecule has 26 heavy (non-hydrogen) atoms. The molecule has 1 aromatic heterocycles. The molecule has 0 spiro atoms. The van der Waals surface area contributed by atoms with Gasteiger partial charge in [0.05, 0.1) is 31.9 Å². The molecule has 1 N–H and O–H groups in total. The largest absolute Gasteiger partial charge is 0.462 e. The summed E-state index contributed by atoms with van der Waals surface area (Å²) in [4.78, 5) is 38.6. The number of carbonyl (C=O) groups is 3. The Hall–Kier alpha value is -1.77. The van der Waals surface area contributed by atoms with Crippen molar-refractivity contribution in [2.24, 2.45) is 5.92 Å². The van der Waals surface area contributed by atoms with Crippen LogP contribution in [0.25, 0.3) is 0 Å². The van der Waals surface area contributed by atoms with Crippen molar-refractivity contribution >= 4 is 34.0 Å². The van der Waals surface area contributed by atoms with Crippen molar-refractivity contribution < 1.29 is 23.9 Å². The Labute approximate surface area is 156 Å². The molecule has 1 amide bonds. The maximum Gasteiger partial charge on any atom is 0.341 e. The van der Waals surface area contributed by atoms with Crippen LogP contribution in [-0.2, 0) is 19.1 Å². The van der Waals surface area contributed by atoms with E-state index in [2.05, 4.69) is 5.32 Å². The van der Waals surface area contributed by atoms with Crippen molar-refractivity contribution in [2.45, 2.75) is 32.2 Å². The van der Waals surface area contributed by atoms with Gasteiger partial charge in [0.25, 0.3) is 0 Å². The lowest BCUT2D eigenvalue weighted by atomic mass is 9.95. The zero-order chi connectivity index (χ0) is 18.5. The minimum absolute atomic E-state index is 0.0417. The van der Waals surface area contributed by atoms with E-state index in [0.29, 0.717) is 36.7 Å². The van der Waals surface area contributed by atoms with Crippen molar-refractivity contribution in [3.8, 4) is 0 Å². The van der Waals surface area contributed by atoms with Gasteiger partial charge in [-0.25, -0.2) is 4.79 Å². The van der Waals surface area contributed by atoms with Crippen LogP contribution in [0.15, 0.2) is 11.4 Å². The Morgan fingerprint density at radius 2 is 2.31 bits per heavy atom. The van der Waals surface area contributed by atoms with E-state index in [0.717, 1.165) is 12.8 Å². The van der Waals surface area contributed by atoms with E-state index >= 15 is 0 Å². The van der Waals surface area contributed by atoms with Crippen LogP contribution >= 0.6 is 11.3 Å². The Kier molecular flexibility index (Phi) is 6.39. The first kappa shape index (κ1) is 19.0. The Bertz CT molecular complexity index is 674. The quantitative estimate of drug-likeness (QED) is 0.759. The maximum absolute atomic E-state index is 12.5. The second-order valence-corrected chi connectivity index (χ2v) is 7.43. The maximum atomic E-state index is 12.5. The van der Waals surface area contributed by atoms with E-state index in [1.54, 1.807) is 18.4 Å². The molecule has 2 aliphatic rings. The summed E-state index contributed by atoms with van der Waals surface area (Å²) in [5, 5.41) is 5.05. The number of thiophene rings is 1. The molecule has 2 unspecified atom stereocenters. The number of ketones is 1. The van der Waals surface area contributed by atoms with Gasteiger partial charge in [0.1, 0.15) is 10.8 Å². The van der Waals surface area contributed by atoms with E-state index in [4.69, 9.17) is 9.47 Å². The Morgan fingerprint density at radius 3 is 3.04 bits per heavy atom. The van der Waals surface area contributed by atoms with E-state index in [1.165, 1.54) is 11.3 Å². The summed E-state index contributed by atoms with van der Waals surface area (Å²) in [6.07, 6.45) is 2.40. The van der Waals surface area contributed by atoms with E-state index in [-0.39, 0.29) is 36.8 Å². The van der Waals surface area contributed by atoms with Gasteiger partial charge in [0.15, 0.2) is 0 Å². The molecule has 2 heterocycles. The molecular weight excluding hydrogens is 356 g/mol. The number of anilines is 1.